The van der Waals surface area contributed by atoms with Crippen LogP contribution in [0.5, 0.6) is 0 Å². The highest BCUT2D eigenvalue weighted by Gasteiger charge is 2.14. The summed E-state index contributed by atoms with van der Waals surface area (Å²) in [6, 6.07) is 3.17. The molecule has 1 heterocycles. The van der Waals surface area contributed by atoms with Crippen LogP contribution in [-0.4, -0.2) is 21.9 Å². The topological polar surface area (TPSA) is 106 Å². The Labute approximate surface area is 104 Å². The van der Waals surface area contributed by atoms with Crippen LogP contribution in [0.15, 0.2) is 23.3 Å². The van der Waals surface area contributed by atoms with Crippen LogP contribution in [0.1, 0.15) is 25.7 Å². The standard InChI is InChI=1S/C11H15N5O2/c12-11(14-8-3-1-2-4-8)15-10-6-5-9(7-13-10)16(17)18/h5-8H,1-4H2,(H3,12,13,14,15). The third-order valence-electron chi connectivity index (χ3n) is 2.86. The van der Waals surface area contributed by atoms with Gasteiger partial charge in [0.05, 0.1) is 11.0 Å². The van der Waals surface area contributed by atoms with E-state index < -0.39 is 4.92 Å². The zero-order chi connectivity index (χ0) is 13.0. The van der Waals surface area contributed by atoms with Crippen molar-refractivity contribution in [3.8, 4) is 0 Å². The largest absolute Gasteiger partial charge is 0.370 e. The number of guanidine groups is 1. The van der Waals surface area contributed by atoms with Gasteiger partial charge < -0.3 is 11.1 Å². The molecule has 3 N–H and O–H groups in total. The Balaban J connectivity index is 1.97. The number of nitrogens with zero attached hydrogens (tertiary/aromatic N) is 3. The van der Waals surface area contributed by atoms with Crippen molar-refractivity contribution in [1.82, 2.24) is 4.98 Å². The van der Waals surface area contributed by atoms with Crippen molar-refractivity contribution in [3.63, 3.8) is 0 Å². The van der Waals surface area contributed by atoms with Crippen LogP contribution in [0.2, 0.25) is 0 Å². The lowest BCUT2D eigenvalue weighted by atomic mass is 10.3. The van der Waals surface area contributed by atoms with E-state index in [1.807, 2.05) is 0 Å². The summed E-state index contributed by atoms with van der Waals surface area (Å²) in [4.78, 5) is 18.2. The minimum absolute atomic E-state index is 0.0492. The second-order valence-electron chi connectivity index (χ2n) is 4.24. The van der Waals surface area contributed by atoms with Crippen LogP contribution in [0.25, 0.3) is 0 Å². The molecular formula is C11H15N5O2. The zero-order valence-corrected chi connectivity index (χ0v) is 9.87. The Kier molecular flexibility index (Phi) is 3.71. The summed E-state index contributed by atoms with van der Waals surface area (Å²) in [6.45, 7) is 0. The van der Waals surface area contributed by atoms with Crippen LogP contribution >= 0.6 is 0 Å². The predicted octanol–water partition coefficient (Wildman–Crippen LogP) is 1.66. The first-order valence-electron chi connectivity index (χ1n) is 5.86. The van der Waals surface area contributed by atoms with Crippen molar-refractivity contribution in [2.45, 2.75) is 31.7 Å². The number of aliphatic imine (C=N–C) groups is 1. The summed E-state index contributed by atoms with van der Waals surface area (Å²) in [5.41, 5.74) is 5.70. The number of nitro groups is 1. The third-order valence-corrected chi connectivity index (χ3v) is 2.86. The number of pyridine rings is 1. The average Bonchev–Trinajstić information content (AvgIpc) is 2.82. The van der Waals surface area contributed by atoms with Crippen molar-refractivity contribution < 1.29 is 4.92 Å². The second kappa shape index (κ2) is 5.44. The van der Waals surface area contributed by atoms with Gasteiger partial charge in [-0.15, -0.1) is 0 Å². The van der Waals surface area contributed by atoms with Gasteiger partial charge in [0.25, 0.3) is 5.69 Å². The maximum atomic E-state index is 10.5. The van der Waals surface area contributed by atoms with Crippen molar-refractivity contribution in [2.75, 3.05) is 5.32 Å². The first kappa shape index (κ1) is 12.3. The van der Waals surface area contributed by atoms with Crippen LogP contribution in [0.3, 0.4) is 0 Å². The van der Waals surface area contributed by atoms with E-state index in [2.05, 4.69) is 15.3 Å². The number of aromatic nitrogens is 1. The van der Waals surface area contributed by atoms with Gasteiger partial charge in [-0.1, -0.05) is 12.8 Å². The number of nitrogens with two attached hydrogens (primary N) is 1. The maximum Gasteiger partial charge on any atom is 0.287 e. The SMILES string of the molecule is NC(=NC1CCCC1)Nc1ccc([N+](=O)[O-])cn1. The van der Waals surface area contributed by atoms with Crippen molar-refractivity contribution >= 4 is 17.5 Å². The molecule has 7 heteroatoms. The maximum absolute atomic E-state index is 10.5. The molecule has 0 aliphatic heterocycles. The predicted molar refractivity (Wildman–Crippen MR) is 68.4 cm³/mol. The molecule has 0 saturated heterocycles. The van der Waals surface area contributed by atoms with Crippen molar-refractivity contribution in [1.29, 1.82) is 0 Å². The minimum atomic E-state index is -0.493. The van der Waals surface area contributed by atoms with Crippen LogP contribution in [0, 0.1) is 10.1 Å². The number of hydrogen-bond donors (Lipinski definition) is 2. The number of nitrogens with one attached hydrogen (secondary N) is 1. The van der Waals surface area contributed by atoms with Crippen molar-refractivity contribution in [3.05, 3.63) is 28.4 Å². The molecule has 7 nitrogen and oxygen atoms in total. The Bertz CT molecular complexity index is 451. The molecule has 1 saturated carbocycles. The fourth-order valence-electron chi connectivity index (χ4n) is 1.96. The summed E-state index contributed by atoms with van der Waals surface area (Å²) in [7, 11) is 0. The lowest BCUT2D eigenvalue weighted by molar-refractivity contribution is -0.385. The molecule has 0 aromatic carbocycles. The third kappa shape index (κ3) is 3.16. The van der Waals surface area contributed by atoms with Gasteiger partial charge in [-0.05, 0) is 18.9 Å². The van der Waals surface area contributed by atoms with E-state index in [1.54, 1.807) is 0 Å². The molecule has 1 aromatic heterocycles. The highest BCUT2D eigenvalue weighted by Crippen LogP contribution is 2.20. The van der Waals surface area contributed by atoms with E-state index in [9.17, 15) is 10.1 Å². The van der Waals surface area contributed by atoms with Crippen molar-refractivity contribution in [2.24, 2.45) is 10.7 Å². The van der Waals surface area contributed by atoms with Crippen LogP contribution in [0.4, 0.5) is 11.5 Å². The Hall–Kier alpha value is -2.18. The molecule has 96 valence electrons. The Morgan fingerprint density at radius 1 is 1.50 bits per heavy atom. The van der Waals surface area contributed by atoms with Gasteiger partial charge in [-0.3, -0.25) is 10.1 Å². The van der Waals surface area contributed by atoms with Crippen LogP contribution in [-0.2, 0) is 0 Å². The van der Waals surface area contributed by atoms with Crippen LogP contribution < -0.4 is 11.1 Å². The molecule has 18 heavy (non-hydrogen) atoms. The highest BCUT2D eigenvalue weighted by atomic mass is 16.6. The molecule has 0 amide bonds. The lowest BCUT2D eigenvalue weighted by Crippen LogP contribution is -2.25. The van der Waals surface area contributed by atoms with Gasteiger partial charge in [-0.25, -0.2) is 9.98 Å². The van der Waals surface area contributed by atoms with E-state index in [-0.39, 0.29) is 11.7 Å². The summed E-state index contributed by atoms with van der Waals surface area (Å²) >= 11 is 0. The Morgan fingerprint density at radius 2 is 2.22 bits per heavy atom. The quantitative estimate of drug-likeness (QED) is 0.366. The highest BCUT2D eigenvalue weighted by molar-refractivity contribution is 5.91. The second-order valence-corrected chi connectivity index (χ2v) is 4.24. The molecule has 0 atom stereocenters. The van der Waals surface area contributed by atoms with E-state index in [0.717, 1.165) is 12.8 Å². The van der Waals surface area contributed by atoms with E-state index in [4.69, 9.17) is 5.73 Å². The van der Waals surface area contributed by atoms with E-state index >= 15 is 0 Å². The van der Waals surface area contributed by atoms with Gasteiger partial charge in [0.1, 0.15) is 12.0 Å². The number of hydrogen-bond acceptors (Lipinski definition) is 4. The number of rotatable bonds is 3. The Morgan fingerprint density at radius 3 is 2.78 bits per heavy atom. The summed E-state index contributed by atoms with van der Waals surface area (Å²) < 4.78 is 0. The number of anilines is 1. The van der Waals surface area contributed by atoms with Gasteiger partial charge >= 0.3 is 0 Å². The molecule has 1 aliphatic carbocycles. The monoisotopic (exact) mass is 249 g/mol. The molecule has 1 aromatic rings. The summed E-state index contributed by atoms with van der Waals surface area (Å²) in [5.74, 6) is 0.767. The van der Waals surface area contributed by atoms with Gasteiger partial charge in [-0.2, -0.15) is 0 Å². The molecule has 0 spiro atoms. The minimum Gasteiger partial charge on any atom is -0.370 e. The smallest absolute Gasteiger partial charge is 0.287 e. The first-order chi connectivity index (χ1) is 8.65. The average molecular weight is 249 g/mol. The molecule has 0 radical (unpaired) electrons. The summed E-state index contributed by atoms with van der Waals surface area (Å²) in [5, 5.41) is 13.3. The molecule has 0 unspecified atom stereocenters. The fourth-order valence-corrected chi connectivity index (χ4v) is 1.96. The van der Waals surface area contributed by atoms with Gasteiger partial charge in [0, 0.05) is 6.07 Å². The zero-order valence-electron chi connectivity index (χ0n) is 9.87. The van der Waals surface area contributed by atoms with E-state index in [1.165, 1.54) is 31.2 Å². The van der Waals surface area contributed by atoms with Gasteiger partial charge in [0.2, 0.25) is 0 Å². The fraction of sp³-hybridized carbons (Fsp3) is 0.455. The summed E-state index contributed by atoms with van der Waals surface area (Å²) in [6.07, 6.45) is 5.70. The lowest BCUT2D eigenvalue weighted by Gasteiger charge is -2.07. The van der Waals surface area contributed by atoms with Gasteiger partial charge in [0.15, 0.2) is 5.96 Å². The van der Waals surface area contributed by atoms with E-state index in [0.29, 0.717) is 11.8 Å². The molecule has 1 aliphatic rings. The normalized spacial score (nSPS) is 16.8. The molecule has 0 bridgehead atoms. The molecule has 1 fully saturated rings. The molecular weight excluding hydrogens is 234 g/mol. The molecule has 2 rings (SSSR count). The first-order valence-corrected chi connectivity index (χ1v) is 5.86.